The van der Waals surface area contributed by atoms with E-state index in [1.165, 1.54) is 33.4 Å². The largest absolute Gasteiger partial charge is 0.480 e. The fourth-order valence-corrected chi connectivity index (χ4v) is 5.76. The number of nitrogens with zero attached hydrogens (tertiary/aromatic N) is 5. The maximum absolute atomic E-state index is 13.4. The number of hydrogen-bond acceptors (Lipinski definition) is 6. The summed E-state index contributed by atoms with van der Waals surface area (Å²) in [5.74, 6) is -1.05. The molecule has 1 aliphatic heterocycles. The SMILES string of the molecule is N#Cc1cn(CC(=O)O)cc1-c1cc(Cl)cc(S(=O)(=O)N2CCN(Cc3ccncc3)CC2)c1. The Balaban J connectivity index is 1.55. The highest BCUT2D eigenvalue weighted by molar-refractivity contribution is 7.89. The zero-order chi connectivity index (χ0) is 24.3. The average molecular weight is 500 g/mol. The van der Waals surface area contributed by atoms with Crippen LogP contribution in [0.1, 0.15) is 11.1 Å². The van der Waals surface area contributed by atoms with Crippen molar-refractivity contribution in [2.75, 3.05) is 26.2 Å². The van der Waals surface area contributed by atoms with E-state index < -0.39 is 16.0 Å². The second kappa shape index (κ2) is 9.95. The molecule has 1 aliphatic rings. The van der Waals surface area contributed by atoms with Crippen molar-refractivity contribution < 1.29 is 18.3 Å². The zero-order valence-electron chi connectivity index (χ0n) is 18.1. The van der Waals surface area contributed by atoms with Crippen LogP contribution in [0.2, 0.25) is 5.02 Å². The lowest BCUT2D eigenvalue weighted by Gasteiger charge is -2.34. The summed E-state index contributed by atoms with van der Waals surface area (Å²) in [6.07, 6.45) is 6.40. The Morgan fingerprint density at radius 1 is 1.12 bits per heavy atom. The van der Waals surface area contributed by atoms with Gasteiger partial charge in [0.25, 0.3) is 0 Å². The quantitative estimate of drug-likeness (QED) is 0.530. The zero-order valence-corrected chi connectivity index (χ0v) is 19.7. The molecule has 3 heterocycles. The Hall–Kier alpha value is -3.23. The van der Waals surface area contributed by atoms with Crippen LogP contribution in [0, 0.1) is 11.3 Å². The number of hydrogen-bond donors (Lipinski definition) is 1. The molecule has 1 aromatic carbocycles. The molecule has 0 radical (unpaired) electrons. The van der Waals surface area contributed by atoms with Gasteiger partial charge in [-0.1, -0.05) is 11.6 Å². The molecule has 0 saturated carbocycles. The number of rotatable bonds is 7. The van der Waals surface area contributed by atoms with Crippen molar-refractivity contribution in [2.45, 2.75) is 18.0 Å². The van der Waals surface area contributed by atoms with Crippen LogP contribution in [0.5, 0.6) is 0 Å². The van der Waals surface area contributed by atoms with E-state index in [9.17, 15) is 18.5 Å². The van der Waals surface area contributed by atoms with Crippen molar-refractivity contribution in [1.82, 2.24) is 18.8 Å². The number of carbonyl (C=O) groups is 1. The van der Waals surface area contributed by atoms with E-state index in [2.05, 4.69) is 9.88 Å². The predicted molar refractivity (Wildman–Crippen MR) is 126 cm³/mol. The third-order valence-electron chi connectivity index (χ3n) is 5.63. The summed E-state index contributed by atoms with van der Waals surface area (Å²) < 4.78 is 29.6. The molecular weight excluding hydrogens is 478 g/mol. The first kappa shape index (κ1) is 23.9. The molecule has 1 saturated heterocycles. The summed E-state index contributed by atoms with van der Waals surface area (Å²) in [5.41, 5.74) is 2.21. The Labute approximate surface area is 202 Å². The first-order valence-corrected chi connectivity index (χ1v) is 12.3. The maximum Gasteiger partial charge on any atom is 0.323 e. The number of halogens is 1. The fourth-order valence-electron chi connectivity index (χ4n) is 3.97. The maximum atomic E-state index is 13.4. The fraction of sp³-hybridized carbons (Fsp3) is 0.261. The van der Waals surface area contributed by atoms with Crippen molar-refractivity contribution >= 4 is 27.6 Å². The number of aliphatic carboxylic acids is 1. The summed E-state index contributed by atoms with van der Waals surface area (Å²) in [6, 6.07) is 10.3. The highest BCUT2D eigenvalue weighted by Crippen LogP contribution is 2.31. The molecule has 1 N–H and O–H groups in total. The van der Waals surface area contributed by atoms with Crippen LogP contribution in [0.4, 0.5) is 0 Å². The Kier molecular flexibility index (Phi) is 7.00. The van der Waals surface area contributed by atoms with E-state index in [1.807, 2.05) is 18.2 Å². The van der Waals surface area contributed by atoms with Crippen molar-refractivity contribution in [2.24, 2.45) is 0 Å². The summed E-state index contributed by atoms with van der Waals surface area (Å²) in [4.78, 5) is 17.3. The minimum atomic E-state index is -3.81. The standard InChI is InChI=1S/C23H22ClN5O4S/c24-20-9-18(22-15-28(16-23(30)31)14-19(22)12-25)10-21(11-20)34(32,33)29-7-5-27(6-8-29)13-17-1-3-26-4-2-17/h1-4,9-11,14-15H,5-8,13,16H2,(H,30,31). The Morgan fingerprint density at radius 2 is 1.82 bits per heavy atom. The number of aromatic nitrogens is 2. The highest BCUT2D eigenvalue weighted by atomic mass is 35.5. The van der Waals surface area contributed by atoms with Gasteiger partial charge in [0.15, 0.2) is 0 Å². The van der Waals surface area contributed by atoms with Gasteiger partial charge < -0.3 is 9.67 Å². The van der Waals surface area contributed by atoms with Gasteiger partial charge >= 0.3 is 5.97 Å². The van der Waals surface area contributed by atoms with Crippen LogP contribution in [0.15, 0.2) is 60.0 Å². The molecule has 1 fully saturated rings. The first-order valence-electron chi connectivity index (χ1n) is 10.5. The number of sulfonamides is 1. The molecule has 0 unspecified atom stereocenters. The second-order valence-electron chi connectivity index (χ2n) is 7.97. The summed E-state index contributed by atoms with van der Waals surface area (Å²) in [6.45, 7) is 2.27. The van der Waals surface area contributed by atoms with Crippen LogP contribution >= 0.6 is 11.6 Å². The van der Waals surface area contributed by atoms with Crippen molar-refractivity contribution in [3.63, 3.8) is 0 Å². The minimum Gasteiger partial charge on any atom is -0.480 e. The van der Waals surface area contributed by atoms with Gasteiger partial charge in [0.1, 0.15) is 12.6 Å². The number of piperazine rings is 1. The van der Waals surface area contributed by atoms with Gasteiger partial charge in [-0.25, -0.2) is 8.42 Å². The molecule has 4 rings (SSSR count). The van der Waals surface area contributed by atoms with Crippen LogP contribution in [-0.2, 0) is 27.9 Å². The van der Waals surface area contributed by atoms with Crippen LogP contribution in [0.3, 0.4) is 0 Å². The monoisotopic (exact) mass is 499 g/mol. The van der Waals surface area contributed by atoms with E-state index in [4.69, 9.17) is 16.7 Å². The smallest absolute Gasteiger partial charge is 0.323 e. The number of carboxylic acids is 1. The lowest BCUT2D eigenvalue weighted by atomic mass is 10.1. The molecular formula is C23H22ClN5O4S. The van der Waals surface area contributed by atoms with Gasteiger partial charge in [-0.2, -0.15) is 9.57 Å². The predicted octanol–water partition coefficient (Wildman–Crippen LogP) is 2.67. The molecule has 9 nitrogen and oxygen atoms in total. The third-order valence-corrected chi connectivity index (χ3v) is 7.72. The molecule has 11 heteroatoms. The lowest BCUT2D eigenvalue weighted by Crippen LogP contribution is -2.48. The van der Waals surface area contributed by atoms with Gasteiger partial charge in [-0.05, 0) is 41.5 Å². The molecule has 0 amide bonds. The molecule has 0 spiro atoms. The summed E-state index contributed by atoms with van der Waals surface area (Å²) in [5, 5.41) is 18.7. The van der Waals surface area contributed by atoms with Gasteiger partial charge in [0, 0.05) is 68.1 Å². The van der Waals surface area contributed by atoms with Crippen molar-refractivity contribution in [1.29, 1.82) is 5.26 Å². The van der Waals surface area contributed by atoms with Gasteiger partial charge in [0.2, 0.25) is 10.0 Å². The molecule has 0 bridgehead atoms. The van der Waals surface area contributed by atoms with E-state index in [0.717, 1.165) is 12.1 Å². The Bertz CT molecular complexity index is 1340. The topological polar surface area (TPSA) is 120 Å². The number of benzene rings is 1. The van der Waals surface area contributed by atoms with Crippen LogP contribution in [-0.4, -0.2) is 64.4 Å². The van der Waals surface area contributed by atoms with Crippen LogP contribution in [0.25, 0.3) is 11.1 Å². The van der Waals surface area contributed by atoms with E-state index in [-0.39, 0.29) is 22.0 Å². The van der Waals surface area contributed by atoms with Crippen LogP contribution < -0.4 is 0 Å². The molecule has 2 aromatic heterocycles. The molecule has 34 heavy (non-hydrogen) atoms. The summed E-state index contributed by atoms with van der Waals surface area (Å²) >= 11 is 6.26. The lowest BCUT2D eigenvalue weighted by molar-refractivity contribution is -0.137. The molecule has 0 aliphatic carbocycles. The molecule has 0 atom stereocenters. The van der Waals surface area contributed by atoms with E-state index >= 15 is 0 Å². The first-order chi connectivity index (χ1) is 16.3. The molecule has 176 valence electrons. The average Bonchev–Trinajstić information content (AvgIpc) is 3.22. The van der Waals surface area contributed by atoms with Gasteiger partial charge in [0.05, 0.1) is 10.5 Å². The highest BCUT2D eigenvalue weighted by Gasteiger charge is 2.29. The second-order valence-corrected chi connectivity index (χ2v) is 10.3. The molecule has 3 aromatic rings. The number of carboxylic acid groups (broad SMARTS) is 1. The number of pyridine rings is 1. The van der Waals surface area contributed by atoms with E-state index in [0.29, 0.717) is 37.3 Å². The summed E-state index contributed by atoms with van der Waals surface area (Å²) in [7, 11) is -3.81. The van der Waals surface area contributed by atoms with Gasteiger partial charge in [-0.3, -0.25) is 14.7 Å². The van der Waals surface area contributed by atoms with Gasteiger partial charge in [-0.15, -0.1) is 0 Å². The minimum absolute atomic E-state index is 0.0347. The normalized spacial score (nSPS) is 15.2. The van der Waals surface area contributed by atoms with Crippen molar-refractivity contribution in [3.05, 3.63) is 71.3 Å². The van der Waals surface area contributed by atoms with Crippen molar-refractivity contribution in [3.8, 4) is 17.2 Å². The third kappa shape index (κ3) is 5.29. The van der Waals surface area contributed by atoms with E-state index in [1.54, 1.807) is 18.5 Å². The number of nitriles is 1. The Morgan fingerprint density at radius 3 is 2.47 bits per heavy atom.